The molecule has 0 aliphatic heterocycles. The summed E-state index contributed by atoms with van der Waals surface area (Å²) in [4.78, 5) is 28.4. The van der Waals surface area contributed by atoms with Crippen LogP contribution in [0.3, 0.4) is 0 Å². The van der Waals surface area contributed by atoms with E-state index >= 15 is 0 Å². The molecule has 0 atom stereocenters. The summed E-state index contributed by atoms with van der Waals surface area (Å²) >= 11 is 0. The van der Waals surface area contributed by atoms with Gasteiger partial charge in [0.2, 0.25) is 5.75 Å². The number of nitrogens with zero attached hydrogens (tertiary/aromatic N) is 2. The lowest BCUT2D eigenvalue weighted by molar-refractivity contribution is -0.385. The first-order valence-electron chi connectivity index (χ1n) is 5.28. The lowest BCUT2D eigenvalue weighted by atomic mass is 10.1. The molecule has 1 aromatic heterocycles. The van der Waals surface area contributed by atoms with Crippen molar-refractivity contribution in [2.75, 3.05) is 0 Å². The number of rotatable bonds is 4. The summed E-state index contributed by atoms with van der Waals surface area (Å²) in [5.74, 6) is -0.711. The van der Waals surface area contributed by atoms with Crippen LogP contribution in [0, 0.1) is 10.1 Å². The van der Waals surface area contributed by atoms with E-state index in [9.17, 15) is 20.0 Å². The van der Waals surface area contributed by atoms with Crippen LogP contribution in [0.5, 0.6) is 5.75 Å². The van der Waals surface area contributed by atoms with E-state index in [1.807, 2.05) is 0 Å². The van der Waals surface area contributed by atoms with Gasteiger partial charge in [-0.25, -0.2) is 4.98 Å². The number of carbonyl (C=O) groups excluding carboxylic acids is 1. The van der Waals surface area contributed by atoms with Crippen molar-refractivity contribution in [3.05, 3.63) is 58.2 Å². The van der Waals surface area contributed by atoms with Crippen molar-refractivity contribution in [1.82, 2.24) is 9.97 Å². The minimum Gasteiger partial charge on any atom is -0.502 e. The molecule has 1 heterocycles. The molecule has 0 saturated carbocycles. The number of aromatic nitrogens is 2. The molecule has 2 rings (SSSR count). The van der Waals surface area contributed by atoms with Crippen molar-refractivity contribution >= 4 is 17.5 Å². The summed E-state index contributed by atoms with van der Waals surface area (Å²) in [5.41, 5.74) is -0.630. The number of hydrogen-bond acceptors (Lipinski definition) is 5. The Morgan fingerprint density at radius 1 is 1.47 bits per heavy atom. The summed E-state index contributed by atoms with van der Waals surface area (Å²) in [6.45, 7) is 0. The maximum Gasteiger partial charge on any atom is 0.311 e. The number of nitrogens with one attached hydrogen (secondary N) is 1. The topological polar surface area (TPSA) is 109 Å². The van der Waals surface area contributed by atoms with Gasteiger partial charge in [0.15, 0.2) is 5.78 Å². The summed E-state index contributed by atoms with van der Waals surface area (Å²) in [5, 5.41) is 20.3. The van der Waals surface area contributed by atoms with Gasteiger partial charge in [0.1, 0.15) is 5.82 Å². The van der Waals surface area contributed by atoms with Crippen molar-refractivity contribution in [3.8, 4) is 5.75 Å². The van der Waals surface area contributed by atoms with E-state index < -0.39 is 22.1 Å². The number of phenolic OH excluding ortho intramolecular Hbond substituents is 1. The minimum atomic E-state index is -0.748. The maximum atomic E-state index is 11.8. The standard InChI is InChI=1S/C12H9N3O4/c16-10(4-5-11-13-6-7-14-11)8-2-1-3-9(12(8)17)15(18)19/h1-7,17H,(H,13,14)/b5-4+. The van der Waals surface area contributed by atoms with Crippen LogP contribution in [-0.4, -0.2) is 25.8 Å². The monoisotopic (exact) mass is 259 g/mol. The van der Waals surface area contributed by atoms with Gasteiger partial charge in [0.05, 0.1) is 10.5 Å². The molecule has 2 aromatic rings. The van der Waals surface area contributed by atoms with Gasteiger partial charge in [0.25, 0.3) is 0 Å². The van der Waals surface area contributed by atoms with Gasteiger partial charge in [0, 0.05) is 18.5 Å². The molecule has 7 heteroatoms. The van der Waals surface area contributed by atoms with Crippen LogP contribution in [-0.2, 0) is 0 Å². The predicted octanol–water partition coefficient (Wildman–Crippen LogP) is 1.92. The number of H-pyrrole nitrogens is 1. The molecule has 1 aromatic carbocycles. The molecule has 0 unspecified atom stereocenters. The first-order valence-corrected chi connectivity index (χ1v) is 5.28. The number of benzene rings is 1. The molecule has 0 aliphatic rings. The number of nitro benzene ring substituents is 1. The second-order valence-electron chi connectivity index (χ2n) is 3.60. The van der Waals surface area contributed by atoms with E-state index in [1.165, 1.54) is 30.5 Å². The Bertz CT molecular complexity index is 647. The molecule has 0 saturated heterocycles. The number of para-hydroxylation sites is 1. The summed E-state index contributed by atoms with van der Waals surface area (Å²) < 4.78 is 0. The Balaban J connectivity index is 2.29. The highest BCUT2D eigenvalue weighted by Gasteiger charge is 2.19. The first-order chi connectivity index (χ1) is 9.09. The molecule has 0 radical (unpaired) electrons. The van der Waals surface area contributed by atoms with Crippen LogP contribution in [0.15, 0.2) is 36.7 Å². The second-order valence-corrected chi connectivity index (χ2v) is 3.60. The molecule has 0 fully saturated rings. The molecule has 2 N–H and O–H groups in total. The predicted molar refractivity (Wildman–Crippen MR) is 66.7 cm³/mol. The summed E-state index contributed by atoms with van der Waals surface area (Å²) in [7, 11) is 0. The minimum absolute atomic E-state index is 0.128. The average Bonchev–Trinajstić information content (AvgIpc) is 2.89. The SMILES string of the molecule is O=C(/C=C/c1ncc[nH]1)c1cccc([N+](=O)[O-])c1O. The third-order valence-corrected chi connectivity index (χ3v) is 2.39. The lowest BCUT2D eigenvalue weighted by Crippen LogP contribution is -1.98. The van der Waals surface area contributed by atoms with Gasteiger partial charge in [-0.3, -0.25) is 14.9 Å². The number of nitro groups is 1. The van der Waals surface area contributed by atoms with Gasteiger partial charge in [-0.15, -0.1) is 0 Å². The molecule has 19 heavy (non-hydrogen) atoms. The highest BCUT2D eigenvalue weighted by molar-refractivity contribution is 6.09. The van der Waals surface area contributed by atoms with Crippen molar-refractivity contribution < 1.29 is 14.8 Å². The van der Waals surface area contributed by atoms with E-state index in [2.05, 4.69) is 9.97 Å². The summed E-state index contributed by atoms with van der Waals surface area (Å²) in [6.07, 6.45) is 5.71. The van der Waals surface area contributed by atoms with Gasteiger partial charge < -0.3 is 10.1 Å². The van der Waals surface area contributed by atoms with Crippen molar-refractivity contribution in [2.24, 2.45) is 0 Å². The molecule has 7 nitrogen and oxygen atoms in total. The number of imidazole rings is 1. The smallest absolute Gasteiger partial charge is 0.311 e. The number of aromatic hydroxyl groups is 1. The number of aromatic amines is 1. The van der Waals surface area contributed by atoms with Crippen LogP contribution < -0.4 is 0 Å². The third-order valence-electron chi connectivity index (χ3n) is 2.39. The van der Waals surface area contributed by atoms with Gasteiger partial charge in [-0.1, -0.05) is 6.07 Å². The zero-order valence-electron chi connectivity index (χ0n) is 9.61. The zero-order chi connectivity index (χ0) is 13.8. The van der Waals surface area contributed by atoms with Gasteiger partial charge in [-0.05, 0) is 18.2 Å². The van der Waals surface area contributed by atoms with Crippen molar-refractivity contribution in [2.45, 2.75) is 0 Å². The molecular formula is C12H9N3O4. The number of ketones is 1. The number of carbonyl (C=O) groups is 1. The van der Waals surface area contributed by atoms with E-state index in [-0.39, 0.29) is 5.56 Å². The molecule has 0 bridgehead atoms. The Morgan fingerprint density at radius 3 is 2.89 bits per heavy atom. The molecule has 0 aliphatic carbocycles. The molecule has 0 amide bonds. The van der Waals surface area contributed by atoms with Crippen LogP contribution >= 0.6 is 0 Å². The largest absolute Gasteiger partial charge is 0.502 e. The van der Waals surface area contributed by atoms with Crippen LogP contribution in [0.1, 0.15) is 16.2 Å². The average molecular weight is 259 g/mol. The Labute approximate surface area is 107 Å². The highest BCUT2D eigenvalue weighted by Crippen LogP contribution is 2.29. The fourth-order valence-corrected chi connectivity index (χ4v) is 1.49. The van der Waals surface area contributed by atoms with E-state index in [0.717, 1.165) is 6.07 Å². The van der Waals surface area contributed by atoms with E-state index in [4.69, 9.17) is 0 Å². The normalized spacial score (nSPS) is 10.7. The first kappa shape index (κ1) is 12.5. The van der Waals surface area contributed by atoms with Gasteiger partial charge in [-0.2, -0.15) is 0 Å². The van der Waals surface area contributed by atoms with Crippen molar-refractivity contribution in [1.29, 1.82) is 0 Å². The van der Waals surface area contributed by atoms with Crippen LogP contribution in [0.2, 0.25) is 0 Å². The number of phenols is 1. The quantitative estimate of drug-likeness (QED) is 0.377. The highest BCUT2D eigenvalue weighted by atomic mass is 16.6. The Hall–Kier alpha value is -2.96. The molecule has 96 valence electrons. The van der Waals surface area contributed by atoms with E-state index in [0.29, 0.717) is 5.82 Å². The van der Waals surface area contributed by atoms with Crippen LogP contribution in [0.25, 0.3) is 6.08 Å². The van der Waals surface area contributed by atoms with Crippen molar-refractivity contribution in [3.63, 3.8) is 0 Å². The number of allylic oxidation sites excluding steroid dienone is 1. The van der Waals surface area contributed by atoms with Gasteiger partial charge >= 0.3 is 5.69 Å². The Kier molecular flexibility index (Phi) is 3.37. The fraction of sp³-hybridized carbons (Fsp3) is 0. The molecular weight excluding hydrogens is 250 g/mol. The second kappa shape index (κ2) is 5.13. The maximum absolute atomic E-state index is 11.8. The third kappa shape index (κ3) is 2.65. The fourth-order valence-electron chi connectivity index (χ4n) is 1.49. The lowest BCUT2D eigenvalue weighted by Gasteiger charge is -2.00. The molecule has 0 spiro atoms. The van der Waals surface area contributed by atoms with Crippen LogP contribution in [0.4, 0.5) is 5.69 Å². The Morgan fingerprint density at radius 2 is 2.26 bits per heavy atom. The van der Waals surface area contributed by atoms with E-state index in [1.54, 1.807) is 6.20 Å². The summed E-state index contributed by atoms with van der Waals surface area (Å²) in [6, 6.07) is 3.78. The zero-order valence-corrected chi connectivity index (χ0v) is 9.61. The number of hydrogen-bond donors (Lipinski definition) is 2.